The Kier molecular flexibility index (Phi) is 5.22. The second kappa shape index (κ2) is 7.55. The van der Waals surface area contributed by atoms with Crippen LogP contribution >= 0.6 is 0 Å². The Bertz CT molecular complexity index is 739. The van der Waals surface area contributed by atoms with Crippen LogP contribution in [0.1, 0.15) is 47.4 Å². The van der Waals surface area contributed by atoms with Crippen molar-refractivity contribution in [2.75, 3.05) is 13.1 Å². The molecule has 25 heavy (non-hydrogen) atoms. The molecule has 2 aromatic rings. The highest BCUT2D eigenvalue weighted by Gasteiger charge is 2.33. The first kappa shape index (κ1) is 17.3. The molecule has 0 bridgehead atoms. The van der Waals surface area contributed by atoms with Crippen LogP contribution in [0.3, 0.4) is 0 Å². The standard InChI is InChI=1S/C20H24N2O3/c1-14-6-3-4-7-17(14)16-12-15(2)22(13-16)19(23)9-10-21-20(24)18-8-5-11-25-18/h3-8,11,15-16H,9-10,12-13H2,1-2H3,(H,21,24)/t15-,16-/m1/s1. The fourth-order valence-corrected chi connectivity index (χ4v) is 3.57. The van der Waals surface area contributed by atoms with Crippen molar-refractivity contribution in [1.82, 2.24) is 10.2 Å². The van der Waals surface area contributed by atoms with Gasteiger partial charge in [-0.15, -0.1) is 0 Å². The van der Waals surface area contributed by atoms with Crippen LogP contribution in [0.25, 0.3) is 0 Å². The van der Waals surface area contributed by atoms with Crippen LogP contribution in [0.15, 0.2) is 47.1 Å². The molecule has 1 N–H and O–H groups in total. The maximum Gasteiger partial charge on any atom is 0.286 e. The Morgan fingerprint density at radius 1 is 1.24 bits per heavy atom. The first-order valence-corrected chi connectivity index (χ1v) is 8.73. The smallest absolute Gasteiger partial charge is 0.286 e. The number of furan rings is 1. The number of nitrogens with one attached hydrogen (secondary N) is 1. The van der Waals surface area contributed by atoms with Crippen molar-refractivity contribution in [3.8, 4) is 0 Å². The van der Waals surface area contributed by atoms with Gasteiger partial charge in [-0.3, -0.25) is 9.59 Å². The van der Waals surface area contributed by atoms with Crippen molar-refractivity contribution in [1.29, 1.82) is 0 Å². The molecule has 3 rings (SSSR count). The summed E-state index contributed by atoms with van der Waals surface area (Å²) in [6, 6.07) is 11.9. The van der Waals surface area contributed by atoms with Gasteiger partial charge in [-0.2, -0.15) is 0 Å². The van der Waals surface area contributed by atoms with Gasteiger partial charge in [0.25, 0.3) is 5.91 Å². The number of likely N-dealkylation sites (tertiary alicyclic amines) is 1. The Labute approximate surface area is 148 Å². The van der Waals surface area contributed by atoms with Gasteiger partial charge in [0.05, 0.1) is 6.26 Å². The largest absolute Gasteiger partial charge is 0.459 e. The van der Waals surface area contributed by atoms with E-state index in [-0.39, 0.29) is 23.6 Å². The zero-order valence-corrected chi connectivity index (χ0v) is 14.7. The minimum absolute atomic E-state index is 0.0864. The molecule has 0 saturated carbocycles. The third-order valence-corrected chi connectivity index (χ3v) is 4.89. The predicted octanol–water partition coefficient (Wildman–Crippen LogP) is 3.11. The molecule has 2 heterocycles. The van der Waals surface area contributed by atoms with E-state index in [1.54, 1.807) is 12.1 Å². The summed E-state index contributed by atoms with van der Waals surface area (Å²) in [5.74, 6) is 0.452. The number of hydrogen-bond donors (Lipinski definition) is 1. The second-order valence-electron chi connectivity index (χ2n) is 6.67. The van der Waals surface area contributed by atoms with Gasteiger partial charge < -0.3 is 14.6 Å². The summed E-state index contributed by atoms with van der Waals surface area (Å²) in [7, 11) is 0. The molecule has 1 aliphatic rings. The number of hydrogen-bond acceptors (Lipinski definition) is 3. The van der Waals surface area contributed by atoms with Gasteiger partial charge in [0.2, 0.25) is 5.91 Å². The molecule has 1 saturated heterocycles. The number of carbonyl (C=O) groups is 2. The van der Waals surface area contributed by atoms with E-state index in [9.17, 15) is 9.59 Å². The van der Waals surface area contributed by atoms with Gasteiger partial charge in [0.15, 0.2) is 5.76 Å². The Balaban J connectivity index is 1.52. The Hall–Kier alpha value is -2.56. The summed E-state index contributed by atoms with van der Waals surface area (Å²) in [5, 5.41) is 2.73. The molecule has 0 unspecified atom stereocenters. The first-order chi connectivity index (χ1) is 12.1. The molecular weight excluding hydrogens is 316 g/mol. The normalized spacial score (nSPS) is 19.8. The van der Waals surface area contributed by atoms with Crippen molar-refractivity contribution >= 4 is 11.8 Å². The Morgan fingerprint density at radius 2 is 2.04 bits per heavy atom. The molecular formula is C20H24N2O3. The monoisotopic (exact) mass is 340 g/mol. The number of rotatable bonds is 5. The van der Waals surface area contributed by atoms with E-state index in [1.807, 2.05) is 11.0 Å². The number of aryl methyl sites for hydroxylation is 1. The SMILES string of the molecule is Cc1ccccc1[C@@H]1C[C@@H](C)N(C(=O)CCNC(=O)c2ccco2)C1. The van der Waals surface area contributed by atoms with Crippen molar-refractivity contribution in [3.63, 3.8) is 0 Å². The lowest BCUT2D eigenvalue weighted by molar-refractivity contribution is -0.131. The maximum absolute atomic E-state index is 12.5. The molecule has 5 heteroatoms. The van der Waals surface area contributed by atoms with Gasteiger partial charge in [-0.05, 0) is 43.5 Å². The molecule has 0 aliphatic carbocycles. The average Bonchev–Trinajstić information content (AvgIpc) is 3.25. The van der Waals surface area contributed by atoms with Crippen LogP contribution in [0.4, 0.5) is 0 Å². The molecule has 1 aliphatic heterocycles. The average molecular weight is 340 g/mol. The summed E-state index contributed by atoms with van der Waals surface area (Å²) in [6.45, 7) is 5.28. The highest BCUT2D eigenvalue weighted by molar-refractivity contribution is 5.91. The highest BCUT2D eigenvalue weighted by Crippen LogP contribution is 2.33. The molecule has 0 radical (unpaired) electrons. The number of amides is 2. The summed E-state index contributed by atoms with van der Waals surface area (Å²) in [4.78, 5) is 26.3. The quantitative estimate of drug-likeness (QED) is 0.910. The lowest BCUT2D eigenvalue weighted by atomic mass is 9.93. The van der Waals surface area contributed by atoms with E-state index >= 15 is 0 Å². The lowest BCUT2D eigenvalue weighted by Crippen LogP contribution is -2.36. The summed E-state index contributed by atoms with van der Waals surface area (Å²) in [5.41, 5.74) is 2.61. The van der Waals surface area contributed by atoms with Crippen LogP contribution in [0, 0.1) is 6.92 Å². The van der Waals surface area contributed by atoms with Crippen molar-refractivity contribution in [3.05, 3.63) is 59.5 Å². The van der Waals surface area contributed by atoms with Crippen molar-refractivity contribution < 1.29 is 14.0 Å². The number of carbonyl (C=O) groups excluding carboxylic acids is 2. The van der Waals surface area contributed by atoms with Crippen LogP contribution in [-0.4, -0.2) is 35.8 Å². The molecule has 132 valence electrons. The van der Waals surface area contributed by atoms with Crippen molar-refractivity contribution in [2.45, 2.75) is 38.6 Å². The van der Waals surface area contributed by atoms with E-state index in [0.29, 0.717) is 18.9 Å². The molecule has 1 fully saturated rings. The van der Waals surface area contributed by atoms with Crippen LogP contribution in [-0.2, 0) is 4.79 Å². The van der Waals surface area contributed by atoms with Crippen LogP contribution in [0.2, 0.25) is 0 Å². The fourth-order valence-electron chi connectivity index (χ4n) is 3.57. The third kappa shape index (κ3) is 3.92. The van der Waals surface area contributed by atoms with Gasteiger partial charge in [-0.1, -0.05) is 24.3 Å². The first-order valence-electron chi connectivity index (χ1n) is 8.73. The molecule has 2 atom stereocenters. The van der Waals surface area contributed by atoms with E-state index in [0.717, 1.165) is 13.0 Å². The maximum atomic E-state index is 12.5. The zero-order valence-electron chi connectivity index (χ0n) is 14.7. The predicted molar refractivity (Wildman–Crippen MR) is 95.4 cm³/mol. The van der Waals surface area contributed by atoms with Crippen molar-refractivity contribution in [2.24, 2.45) is 0 Å². The second-order valence-corrected chi connectivity index (χ2v) is 6.67. The summed E-state index contributed by atoms with van der Waals surface area (Å²) >= 11 is 0. The molecule has 0 spiro atoms. The minimum Gasteiger partial charge on any atom is -0.459 e. The van der Waals surface area contributed by atoms with E-state index < -0.39 is 0 Å². The van der Waals surface area contributed by atoms with Crippen LogP contribution < -0.4 is 5.32 Å². The molecule has 1 aromatic carbocycles. The summed E-state index contributed by atoms with van der Waals surface area (Å²) in [6.07, 6.45) is 2.74. The van der Waals surface area contributed by atoms with Crippen LogP contribution in [0.5, 0.6) is 0 Å². The minimum atomic E-state index is -0.287. The molecule has 5 nitrogen and oxygen atoms in total. The highest BCUT2D eigenvalue weighted by atomic mass is 16.3. The Morgan fingerprint density at radius 3 is 2.76 bits per heavy atom. The number of nitrogens with zero attached hydrogens (tertiary/aromatic N) is 1. The van der Waals surface area contributed by atoms with E-state index in [4.69, 9.17) is 4.42 Å². The topological polar surface area (TPSA) is 62.6 Å². The molecule has 2 amide bonds. The van der Waals surface area contributed by atoms with Gasteiger partial charge in [-0.25, -0.2) is 0 Å². The van der Waals surface area contributed by atoms with Gasteiger partial charge in [0.1, 0.15) is 0 Å². The fraction of sp³-hybridized carbons (Fsp3) is 0.400. The third-order valence-electron chi connectivity index (χ3n) is 4.89. The summed E-state index contributed by atoms with van der Waals surface area (Å²) < 4.78 is 5.04. The zero-order chi connectivity index (χ0) is 17.8. The van der Waals surface area contributed by atoms with Gasteiger partial charge in [0, 0.05) is 31.5 Å². The number of benzene rings is 1. The van der Waals surface area contributed by atoms with E-state index in [2.05, 4.69) is 37.4 Å². The lowest BCUT2D eigenvalue weighted by Gasteiger charge is -2.21. The van der Waals surface area contributed by atoms with Gasteiger partial charge >= 0.3 is 0 Å². The molecule has 1 aromatic heterocycles. The van der Waals surface area contributed by atoms with E-state index in [1.165, 1.54) is 17.4 Å².